The third-order valence-electron chi connectivity index (χ3n) is 3.71. The number of imidazole rings is 1. The Morgan fingerprint density at radius 3 is 2.24 bits per heavy atom. The minimum absolute atomic E-state index is 0.113. The smallest absolute Gasteiger partial charge is 0.358 e. The van der Waals surface area contributed by atoms with Crippen LogP contribution in [0.2, 0.25) is 0 Å². The van der Waals surface area contributed by atoms with Crippen molar-refractivity contribution in [1.29, 1.82) is 0 Å². The van der Waals surface area contributed by atoms with Crippen molar-refractivity contribution in [2.24, 2.45) is 0 Å². The summed E-state index contributed by atoms with van der Waals surface area (Å²) >= 11 is 0. The molecule has 2 rings (SSSR count). The van der Waals surface area contributed by atoms with Gasteiger partial charge >= 0.3 is 5.82 Å². The molecule has 0 amide bonds. The fourth-order valence-electron chi connectivity index (χ4n) is 2.39. The predicted molar refractivity (Wildman–Crippen MR) is 82.6 cm³/mol. The highest BCUT2D eigenvalue weighted by atomic mass is 16.6. The van der Waals surface area contributed by atoms with Crippen molar-refractivity contribution in [2.75, 3.05) is 0 Å². The lowest BCUT2D eigenvalue weighted by atomic mass is 9.84. The molecule has 21 heavy (non-hydrogen) atoms. The maximum absolute atomic E-state index is 10.7. The van der Waals surface area contributed by atoms with Gasteiger partial charge in [0.1, 0.15) is 6.20 Å². The van der Waals surface area contributed by atoms with Crippen LogP contribution in [0.5, 0.6) is 0 Å². The van der Waals surface area contributed by atoms with E-state index in [4.69, 9.17) is 0 Å². The van der Waals surface area contributed by atoms with Crippen LogP contribution in [-0.4, -0.2) is 14.5 Å². The third-order valence-corrected chi connectivity index (χ3v) is 3.71. The molecule has 2 aromatic rings. The maximum atomic E-state index is 10.7. The van der Waals surface area contributed by atoms with Gasteiger partial charge in [-0.15, -0.1) is 0 Å². The highest BCUT2D eigenvalue weighted by Crippen LogP contribution is 2.27. The summed E-state index contributed by atoms with van der Waals surface area (Å²) in [5.74, 6) is -0.114. The van der Waals surface area contributed by atoms with Crippen molar-refractivity contribution in [3.05, 3.63) is 57.0 Å². The zero-order valence-electron chi connectivity index (χ0n) is 13.2. The van der Waals surface area contributed by atoms with E-state index in [0.29, 0.717) is 6.54 Å². The van der Waals surface area contributed by atoms with Crippen LogP contribution in [0.1, 0.15) is 43.0 Å². The fraction of sp³-hybridized carbons (Fsp3) is 0.438. The first-order valence-corrected chi connectivity index (χ1v) is 6.95. The molecule has 0 saturated carbocycles. The number of aromatic nitrogens is 2. The molecule has 0 fully saturated rings. The molecule has 0 aliphatic carbocycles. The number of aryl methyl sites for hydroxylation is 2. The first-order valence-electron chi connectivity index (χ1n) is 6.95. The van der Waals surface area contributed by atoms with Crippen molar-refractivity contribution in [2.45, 2.75) is 46.6 Å². The van der Waals surface area contributed by atoms with Gasteiger partial charge in [-0.25, -0.2) is 0 Å². The van der Waals surface area contributed by atoms with Gasteiger partial charge in [0.05, 0.1) is 6.54 Å². The first kappa shape index (κ1) is 15.2. The largest absolute Gasteiger partial charge is 0.381 e. The number of hydrogen-bond donors (Lipinski definition) is 0. The second kappa shape index (κ2) is 5.31. The maximum Gasteiger partial charge on any atom is 0.381 e. The summed E-state index contributed by atoms with van der Waals surface area (Å²) in [5.41, 5.74) is 5.02. The van der Waals surface area contributed by atoms with Crippen LogP contribution in [0.3, 0.4) is 0 Å². The van der Waals surface area contributed by atoms with E-state index in [0.717, 1.165) is 0 Å². The molecule has 0 aliphatic heterocycles. The van der Waals surface area contributed by atoms with Gasteiger partial charge in [-0.2, -0.15) is 0 Å². The minimum Gasteiger partial charge on any atom is -0.358 e. The minimum atomic E-state index is -0.473. The average Bonchev–Trinajstić information content (AvgIpc) is 2.81. The summed E-state index contributed by atoms with van der Waals surface area (Å²) in [4.78, 5) is 14.0. The molecule has 0 N–H and O–H groups in total. The Balaban J connectivity index is 2.34. The number of hydrogen-bond acceptors (Lipinski definition) is 3. The van der Waals surface area contributed by atoms with Gasteiger partial charge in [0, 0.05) is 0 Å². The Morgan fingerprint density at radius 2 is 1.81 bits per heavy atom. The molecule has 112 valence electrons. The van der Waals surface area contributed by atoms with Gasteiger partial charge in [-0.05, 0) is 51.4 Å². The van der Waals surface area contributed by atoms with Crippen molar-refractivity contribution in [1.82, 2.24) is 9.55 Å². The second-order valence-corrected chi connectivity index (χ2v) is 6.50. The standard InChI is InChI=1S/C16H21N3O2/c1-11-6-13(16(3,4)5)7-12(2)14(11)8-18-9-15(17-10-18)19(20)21/h6-7,9-10H,8H2,1-5H3. The molecule has 0 unspecified atom stereocenters. The number of rotatable bonds is 3. The summed E-state index contributed by atoms with van der Waals surface area (Å²) in [6.07, 6.45) is 2.98. The van der Waals surface area contributed by atoms with E-state index in [2.05, 4.69) is 51.7 Å². The highest BCUT2D eigenvalue weighted by molar-refractivity contribution is 5.40. The monoisotopic (exact) mass is 287 g/mol. The predicted octanol–water partition coefficient (Wildman–Crippen LogP) is 3.75. The Kier molecular flexibility index (Phi) is 3.85. The molecular formula is C16H21N3O2. The Labute approximate surface area is 124 Å². The quantitative estimate of drug-likeness (QED) is 0.638. The van der Waals surface area contributed by atoms with Gasteiger partial charge < -0.3 is 14.7 Å². The van der Waals surface area contributed by atoms with Crippen LogP contribution in [-0.2, 0) is 12.0 Å². The lowest BCUT2D eigenvalue weighted by molar-refractivity contribution is -0.389. The molecule has 0 aliphatic rings. The number of benzene rings is 1. The molecule has 5 heteroatoms. The van der Waals surface area contributed by atoms with Crippen molar-refractivity contribution in [3.63, 3.8) is 0 Å². The highest BCUT2D eigenvalue weighted by Gasteiger charge is 2.17. The SMILES string of the molecule is Cc1cc(C(C)(C)C)cc(C)c1Cn1cnc([N+](=O)[O-])c1. The molecule has 0 spiro atoms. The summed E-state index contributed by atoms with van der Waals surface area (Å²) < 4.78 is 1.75. The first-order chi connectivity index (χ1) is 9.68. The molecule has 1 aromatic heterocycles. The Bertz CT molecular complexity index is 658. The van der Waals surface area contributed by atoms with Crippen molar-refractivity contribution < 1.29 is 4.92 Å². The Morgan fingerprint density at radius 1 is 1.24 bits per heavy atom. The van der Waals surface area contributed by atoms with Gasteiger partial charge in [0.2, 0.25) is 6.33 Å². The second-order valence-electron chi connectivity index (χ2n) is 6.50. The third kappa shape index (κ3) is 3.29. The van der Waals surface area contributed by atoms with Gasteiger partial charge in [0.25, 0.3) is 0 Å². The lowest BCUT2D eigenvalue weighted by Gasteiger charge is -2.22. The van der Waals surface area contributed by atoms with Crippen molar-refractivity contribution >= 4 is 5.82 Å². The van der Waals surface area contributed by atoms with Crippen LogP contribution in [0.15, 0.2) is 24.7 Å². The Hall–Kier alpha value is -2.17. The van der Waals surface area contributed by atoms with Crippen LogP contribution >= 0.6 is 0 Å². The van der Waals surface area contributed by atoms with E-state index in [-0.39, 0.29) is 11.2 Å². The van der Waals surface area contributed by atoms with Crippen LogP contribution in [0, 0.1) is 24.0 Å². The summed E-state index contributed by atoms with van der Waals surface area (Å²) in [6.45, 7) is 11.4. The summed E-state index contributed by atoms with van der Waals surface area (Å²) in [5, 5.41) is 10.7. The molecule has 1 aromatic carbocycles. The zero-order chi connectivity index (χ0) is 15.8. The number of nitrogens with zero attached hydrogens (tertiary/aromatic N) is 3. The number of nitro groups is 1. The van der Waals surface area contributed by atoms with E-state index < -0.39 is 4.92 Å². The molecule has 0 radical (unpaired) electrons. The van der Waals surface area contributed by atoms with Crippen molar-refractivity contribution in [3.8, 4) is 0 Å². The molecule has 0 bridgehead atoms. The molecule has 0 saturated heterocycles. The van der Waals surface area contributed by atoms with E-state index >= 15 is 0 Å². The molecular weight excluding hydrogens is 266 g/mol. The summed E-state index contributed by atoms with van der Waals surface area (Å²) in [6, 6.07) is 4.40. The van der Waals surface area contributed by atoms with Crippen LogP contribution in [0.25, 0.3) is 0 Å². The lowest BCUT2D eigenvalue weighted by Crippen LogP contribution is -2.13. The molecule has 5 nitrogen and oxygen atoms in total. The average molecular weight is 287 g/mol. The van der Waals surface area contributed by atoms with Gasteiger partial charge in [-0.3, -0.25) is 0 Å². The van der Waals surface area contributed by atoms with Gasteiger partial charge in [0.15, 0.2) is 0 Å². The normalized spacial score (nSPS) is 11.7. The van der Waals surface area contributed by atoms with Crippen LogP contribution in [0.4, 0.5) is 5.82 Å². The fourth-order valence-corrected chi connectivity index (χ4v) is 2.39. The van der Waals surface area contributed by atoms with E-state index in [1.807, 2.05) is 0 Å². The topological polar surface area (TPSA) is 61.0 Å². The van der Waals surface area contributed by atoms with Gasteiger partial charge in [-0.1, -0.05) is 32.9 Å². The summed E-state index contributed by atoms with van der Waals surface area (Å²) in [7, 11) is 0. The van der Waals surface area contributed by atoms with E-state index in [9.17, 15) is 10.1 Å². The van der Waals surface area contributed by atoms with Crippen LogP contribution < -0.4 is 0 Å². The van der Waals surface area contributed by atoms with E-state index in [1.54, 1.807) is 4.57 Å². The molecule has 0 atom stereocenters. The van der Waals surface area contributed by atoms with E-state index in [1.165, 1.54) is 34.8 Å². The zero-order valence-corrected chi connectivity index (χ0v) is 13.2. The molecule has 1 heterocycles.